The molecule has 3 nitrogen and oxygen atoms in total. The highest BCUT2D eigenvalue weighted by atomic mass is 19.1. The summed E-state index contributed by atoms with van der Waals surface area (Å²) in [5.74, 6) is 0.515. The van der Waals surface area contributed by atoms with Gasteiger partial charge in [0.05, 0.1) is 6.61 Å². The van der Waals surface area contributed by atoms with Crippen LogP contribution in [0.1, 0.15) is 24.0 Å². The second kappa shape index (κ2) is 8.97. The second-order valence-corrected chi connectivity index (χ2v) is 6.84. The van der Waals surface area contributed by atoms with Crippen LogP contribution in [-0.2, 0) is 13.0 Å². The van der Waals surface area contributed by atoms with Crippen LogP contribution in [0.3, 0.4) is 0 Å². The first kappa shape index (κ1) is 17.9. The first-order chi connectivity index (χ1) is 12.2. The summed E-state index contributed by atoms with van der Waals surface area (Å²) in [5, 5.41) is 0. The highest BCUT2D eigenvalue weighted by Crippen LogP contribution is 2.22. The summed E-state index contributed by atoms with van der Waals surface area (Å²) < 4.78 is 19.4. The van der Waals surface area contributed by atoms with E-state index in [2.05, 4.69) is 29.2 Å². The molecule has 2 N–H and O–H groups in total. The standard InChI is InChI=1S/C21H27FN2O/c22-20-8-1-2-9-21(20)25-16-19-7-4-12-24(15-19)14-18-6-3-5-17(13-18)10-11-23/h1-3,5-6,8-9,13,19H,4,7,10-12,14-16,23H2/t19-/m1/s1. The van der Waals surface area contributed by atoms with Gasteiger partial charge in [-0.2, -0.15) is 0 Å². The fourth-order valence-electron chi connectivity index (χ4n) is 3.51. The molecule has 4 heteroatoms. The molecular weight excluding hydrogens is 315 g/mol. The molecule has 1 fully saturated rings. The molecule has 0 aliphatic carbocycles. The lowest BCUT2D eigenvalue weighted by molar-refractivity contribution is 0.123. The van der Waals surface area contributed by atoms with Gasteiger partial charge in [-0.1, -0.05) is 36.4 Å². The minimum absolute atomic E-state index is 0.285. The minimum atomic E-state index is -0.285. The van der Waals surface area contributed by atoms with Crippen LogP contribution in [0.15, 0.2) is 48.5 Å². The van der Waals surface area contributed by atoms with Gasteiger partial charge in [0, 0.05) is 19.0 Å². The van der Waals surface area contributed by atoms with E-state index in [1.165, 1.54) is 17.2 Å². The molecule has 0 saturated carbocycles. The SMILES string of the molecule is NCCc1cccc(CN2CCC[C@@H](COc3ccccc3F)C2)c1. The van der Waals surface area contributed by atoms with Gasteiger partial charge in [0.25, 0.3) is 0 Å². The molecule has 1 aliphatic rings. The molecule has 2 aromatic carbocycles. The Morgan fingerprint density at radius 3 is 2.80 bits per heavy atom. The molecule has 1 saturated heterocycles. The molecule has 134 valence electrons. The van der Waals surface area contributed by atoms with Gasteiger partial charge in [-0.15, -0.1) is 0 Å². The molecule has 0 aromatic heterocycles. The molecule has 1 atom stereocenters. The third kappa shape index (κ3) is 5.28. The van der Waals surface area contributed by atoms with Gasteiger partial charge in [0.15, 0.2) is 11.6 Å². The van der Waals surface area contributed by atoms with Crippen molar-refractivity contribution in [3.8, 4) is 5.75 Å². The Labute approximate surface area is 149 Å². The van der Waals surface area contributed by atoms with Crippen molar-refractivity contribution < 1.29 is 9.13 Å². The zero-order chi connectivity index (χ0) is 17.5. The zero-order valence-electron chi connectivity index (χ0n) is 14.7. The van der Waals surface area contributed by atoms with Crippen LogP contribution >= 0.6 is 0 Å². The molecule has 1 heterocycles. The van der Waals surface area contributed by atoms with Gasteiger partial charge < -0.3 is 10.5 Å². The summed E-state index contributed by atoms with van der Waals surface area (Å²) in [6.07, 6.45) is 3.22. The van der Waals surface area contributed by atoms with Crippen molar-refractivity contribution in [3.05, 3.63) is 65.5 Å². The van der Waals surface area contributed by atoms with E-state index in [-0.39, 0.29) is 5.82 Å². The maximum atomic E-state index is 13.7. The average molecular weight is 342 g/mol. The van der Waals surface area contributed by atoms with Crippen LogP contribution < -0.4 is 10.5 Å². The highest BCUT2D eigenvalue weighted by Gasteiger charge is 2.21. The van der Waals surface area contributed by atoms with Gasteiger partial charge in [-0.05, 0) is 55.6 Å². The topological polar surface area (TPSA) is 38.5 Å². The monoisotopic (exact) mass is 342 g/mol. The average Bonchev–Trinajstić information content (AvgIpc) is 2.62. The van der Waals surface area contributed by atoms with Crippen LogP contribution in [0, 0.1) is 11.7 Å². The minimum Gasteiger partial charge on any atom is -0.490 e. The third-order valence-corrected chi connectivity index (χ3v) is 4.74. The molecule has 0 unspecified atom stereocenters. The lowest BCUT2D eigenvalue weighted by Gasteiger charge is -2.32. The van der Waals surface area contributed by atoms with Gasteiger partial charge in [-0.25, -0.2) is 4.39 Å². The predicted octanol–water partition coefficient (Wildman–Crippen LogP) is 3.62. The summed E-state index contributed by atoms with van der Waals surface area (Å²) in [7, 11) is 0. The summed E-state index contributed by atoms with van der Waals surface area (Å²) in [4.78, 5) is 2.47. The number of likely N-dealkylation sites (tertiary alicyclic amines) is 1. The molecular formula is C21H27FN2O. The zero-order valence-corrected chi connectivity index (χ0v) is 14.7. The molecule has 1 aliphatic heterocycles. The molecule has 0 amide bonds. The van der Waals surface area contributed by atoms with Crippen LogP contribution in [-0.4, -0.2) is 31.1 Å². The van der Waals surface area contributed by atoms with Crippen molar-refractivity contribution >= 4 is 0 Å². The number of nitrogens with zero attached hydrogens (tertiary/aromatic N) is 1. The third-order valence-electron chi connectivity index (χ3n) is 4.74. The Hall–Kier alpha value is -1.91. The first-order valence-corrected chi connectivity index (χ1v) is 9.12. The second-order valence-electron chi connectivity index (χ2n) is 6.84. The predicted molar refractivity (Wildman–Crippen MR) is 99.1 cm³/mol. The number of piperidine rings is 1. The van der Waals surface area contributed by atoms with Crippen molar-refractivity contribution in [1.29, 1.82) is 0 Å². The number of para-hydroxylation sites is 1. The van der Waals surface area contributed by atoms with E-state index in [0.717, 1.165) is 38.9 Å². The Morgan fingerprint density at radius 2 is 1.96 bits per heavy atom. The quantitative estimate of drug-likeness (QED) is 0.835. The van der Waals surface area contributed by atoms with Gasteiger partial charge in [0.2, 0.25) is 0 Å². The van der Waals surface area contributed by atoms with Gasteiger partial charge in [0.1, 0.15) is 0 Å². The van der Waals surface area contributed by atoms with E-state index in [4.69, 9.17) is 10.5 Å². The molecule has 25 heavy (non-hydrogen) atoms. The van der Waals surface area contributed by atoms with Crippen molar-refractivity contribution in [2.75, 3.05) is 26.2 Å². The smallest absolute Gasteiger partial charge is 0.165 e. The maximum Gasteiger partial charge on any atom is 0.165 e. The van der Waals surface area contributed by atoms with Crippen LogP contribution in [0.4, 0.5) is 4.39 Å². The number of hydrogen-bond acceptors (Lipinski definition) is 3. The number of hydrogen-bond donors (Lipinski definition) is 1. The summed E-state index contributed by atoms with van der Waals surface area (Å²) in [5.41, 5.74) is 8.29. The van der Waals surface area contributed by atoms with E-state index < -0.39 is 0 Å². The molecule has 2 aromatic rings. The van der Waals surface area contributed by atoms with E-state index in [1.54, 1.807) is 18.2 Å². The highest BCUT2D eigenvalue weighted by molar-refractivity contribution is 5.24. The first-order valence-electron chi connectivity index (χ1n) is 9.12. The van der Waals surface area contributed by atoms with Crippen molar-refractivity contribution in [3.63, 3.8) is 0 Å². The fourth-order valence-corrected chi connectivity index (χ4v) is 3.51. The summed E-state index contributed by atoms with van der Waals surface area (Å²) in [6.45, 7) is 4.31. The van der Waals surface area contributed by atoms with E-state index >= 15 is 0 Å². The number of nitrogens with two attached hydrogens (primary N) is 1. The largest absolute Gasteiger partial charge is 0.490 e. The molecule has 0 bridgehead atoms. The molecule has 0 spiro atoms. The molecule has 0 radical (unpaired) electrons. The maximum absolute atomic E-state index is 13.7. The van der Waals surface area contributed by atoms with Crippen molar-refractivity contribution in [2.45, 2.75) is 25.8 Å². The fraction of sp³-hybridized carbons (Fsp3) is 0.429. The Morgan fingerprint density at radius 1 is 1.12 bits per heavy atom. The van der Waals surface area contributed by atoms with Gasteiger partial charge >= 0.3 is 0 Å². The normalized spacial score (nSPS) is 18.2. The summed E-state index contributed by atoms with van der Waals surface area (Å²) >= 11 is 0. The Balaban J connectivity index is 1.52. The Bertz CT molecular complexity index is 676. The van der Waals surface area contributed by atoms with E-state index in [1.807, 2.05) is 0 Å². The lowest BCUT2D eigenvalue weighted by Crippen LogP contribution is -2.37. The van der Waals surface area contributed by atoms with Crippen molar-refractivity contribution in [2.24, 2.45) is 11.7 Å². The number of benzene rings is 2. The van der Waals surface area contributed by atoms with E-state index in [0.29, 0.717) is 24.8 Å². The van der Waals surface area contributed by atoms with Crippen LogP contribution in [0.2, 0.25) is 0 Å². The Kier molecular flexibility index (Phi) is 6.42. The molecule has 3 rings (SSSR count). The van der Waals surface area contributed by atoms with Crippen molar-refractivity contribution in [1.82, 2.24) is 4.90 Å². The van der Waals surface area contributed by atoms with Crippen LogP contribution in [0.25, 0.3) is 0 Å². The lowest BCUT2D eigenvalue weighted by atomic mass is 9.98. The van der Waals surface area contributed by atoms with Crippen LogP contribution in [0.5, 0.6) is 5.75 Å². The number of rotatable bonds is 7. The summed E-state index contributed by atoms with van der Waals surface area (Å²) in [6, 6.07) is 15.3. The van der Waals surface area contributed by atoms with E-state index in [9.17, 15) is 4.39 Å². The number of halogens is 1. The van der Waals surface area contributed by atoms with Gasteiger partial charge in [-0.3, -0.25) is 4.90 Å². The number of ether oxygens (including phenoxy) is 1.